The molecule has 0 bridgehead atoms. The second kappa shape index (κ2) is 6.55. The first kappa shape index (κ1) is 15.3. The third-order valence-corrected chi connectivity index (χ3v) is 4.16. The maximum Gasteiger partial charge on any atom is 0.256 e. The van der Waals surface area contributed by atoms with Gasteiger partial charge in [-0.05, 0) is 51.7 Å². The number of benzene rings is 2. The average molecular weight is 397 g/mol. The molecule has 0 saturated heterocycles. The van der Waals surface area contributed by atoms with Crippen LogP contribution in [0.25, 0.3) is 0 Å². The van der Waals surface area contributed by atoms with Gasteiger partial charge in [0.05, 0.1) is 5.56 Å². The molecule has 0 unspecified atom stereocenters. The van der Waals surface area contributed by atoms with Crippen molar-refractivity contribution in [2.45, 2.75) is 19.8 Å². The molecule has 0 aliphatic carbocycles. The zero-order valence-corrected chi connectivity index (χ0v) is 14.5. The Labute approximate surface area is 135 Å². The summed E-state index contributed by atoms with van der Waals surface area (Å²) in [5.74, 6) is 0.248. The number of anilines is 1. The highest BCUT2D eigenvalue weighted by atomic mass is 79.9. The molecule has 104 valence electrons. The van der Waals surface area contributed by atoms with Gasteiger partial charge in [0.25, 0.3) is 5.91 Å². The molecular formula is C16H15Br2NO. The second-order valence-corrected chi connectivity index (χ2v) is 6.59. The summed E-state index contributed by atoms with van der Waals surface area (Å²) in [6, 6.07) is 13.4. The number of para-hydroxylation sites is 1. The zero-order valence-electron chi connectivity index (χ0n) is 11.3. The van der Waals surface area contributed by atoms with Gasteiger partial charge in [0.2, 0.25) is 0 Å². The normalized spacial score (nSPS) is 10.7. The van der Waals surface area contributed by atoms with E-state index in [0.29, 0.717) is 11.5 Å². The van der Waals surface area contributed by atoms with Gasteiger partial charge in [-0.3, -0.25) is 4.79 Å². The zero-order chi connectivity index (χ0) is 14.7. The van der Waals surface area contributed by atoms with Gasteiger partial charge >= 0.3 is 0 Å². The Bertz CT molecular complexity index is 638. The molecule has 0 fully saturated rings. The highest BCUT2D eigenvalue weighted by molar-refractivity contribution is 9.11. The van der Waals surface area contributed by atoms with E-state index in [2.05, 4.69) is 51.0 Å². The number of nitrogens with one attached hydrogen (secondary N) is 1. The first-order chi connectivity index (χ1) is 9.49. The van der Waals surface area contributed by atoms with E-state index in [4.69, 9.17) is 0 Å². The molecule has 0 aliphatic rings. The molecule has 4 heteroatoms. The van der Waals surface area contributed by atoms with Crippen LogP contribution in [0.1, 0.15) is 35.7 Å². The van der Waals surface area contributed by atoms with Crippen molar-refractivity contribution in [3.8, 4) is 0 Å². The van der Waals surface area contributed by atoms with Crippen LogP contribution in [0, 0.1) is 0 Å². The van der Waals surface area contributed by atoms with E-state index < -0.39 is 0 Å². The molecule has 0 aliphatic heterocycles. The Morgan fingerprint density at radius 2 is 1.80 bits per heavy atom. The van der Waals surface area contributed by atoms with E-state index in [-0.39, 0.29) is 5.91 Å². The lowest BCUT2D eigenvalue weighted by Gasteiger charge is -2.14. The molecule has 2 nitrogen and oxygen atoms in total. The first-order valence-corrected chi connectivity index (χ1v) is 7.93. The van der Waals surface area contributed by atoms with E-state index in [1.807, 2.05) is 36.4 Å². The van der Waals surface area contributed by atoms with Gasteiger partial charge in [0.1, 0.15) is 0 Å². The van der Waals surface area contributed by atoms with Crippen molar-refractivity contribution in [3.63, 3.8) is 0 Å². The van der Waals surface area contributed by atoms with Crippen molar-refractivity contribution in [2.24, 2.45) is 0 Å². The number of carbonyl (C=O) groups excluding carboxylic acids is 1. The lowest BCUT2D eigenvalue weighted by Crippen LogP contribution is -2.14. The molecule has 0 radical (unpaired) electrons. The lowest BCUT2D eigenvalue weighted by molar-refractivity contribution is 0.102. The molecule has 1 N–H and O–H groups in total. The van der Waals surface area contributed by atoms with Crippen molar-refractivity contribution in [2.75, 3.05) is 5.32 Å². The van der Waals surface area contributed by atoms with E-state index in [9.17, 15) is 4.79 Å². The van der Waals surface area contributed by atoms with Crippen molar-refractivity contribution >= 4 is 43.5 Å². The van der Waals surface area contributed by atoms with E-state index in [1.165, 1.54) is 0 Å². The number of halogens is 2. The fourth-order valence-electron chi connectivity index (χ4n) is 1.98. The molecule has 0 aromatic heterocycles. The van der Waals surface area contributed by atoms with Crippen LogP contribution in [0.2, 0.25) is 0 Å². The van der Waals surface area contributed by atoms with Gasteiger partial charge < -0.3 is 5.32 Å². The number of hydrogen-bond acceptors (Lipinski definition) is 1. The number of carbonyl (C=O) groups is 1. The second-order valence-electron chi connectivity index (χ2n) is 4.82. The monoisotopic (exact) mass is 395 g/mol. The Hall–Kier alpha value is -1.13. The average Bonchev–Trinajstić information content (AvgIpc) is 2.38. The van der Waals surface area contributed by atoms with Crippen LogP contribution in [0.3, 0.4) is 0 Å². The topological polar surface area (TPSA) is 29.1 Å². The summed E-state index contributed by atoms with van der Waals surface area (Å²) in [5.41, 5.74) is 2.61. The minimum atomic E-state index is -0.113. The molecule has 20 heavy (non-hydrogen) atoms. The highest BCUT2D eigenvalue weighted by Crippen LogP contribution is 2.26. The minimum absolute atomic E-state index is 0.113. The van der Waals surface area contributed by atoms with Crippen LogP contribution >= 0.6 is 31.9 Å². The molecule has 2 rings (SSSR count). The number of amides is 1. The van der Waals surface area contributed by atoms with Crippen LogP contribution in [-0.4, -0.2) is 5.91 Å². The predicted molar refractivity (Wildman–Crippen MR) is 90.3 cm³/mol. The molecule has 0 saturated carbocycles. The van der Waals surface area contributed by atoms with Gasteiger partial charge in [0.15, 0.2) is 0 Å². The Kier molecular flexibility index (Phi) is 5.00. The number of hydrogen-bond donors (Lipinski definition) is 1. The number of rotatable bonds is 3. The highest BCUT2D eigenvalue weighted by Gasteiger charge is 2.13. The molecule has 2 aromatic rings. The molecule has 0 atom stereocenters. The maximum absolute atomic E-state index is 12.4. The van der Waals surface area contributed by atoms with E-state index >= 15 is 0 Å². The van der Waals surface area contributed by atoms with E-state index in [0.717, 1.165) is 20.2 Å². The molecule has 0 spiro atoms. The van der Waals surface area contributed by atoms with Crippen molar-refractivity contribution in [1.82, 2.24) is 0 Å². The van der Waals surface area contributed by atoms with Gasteiger partial charge in [0, 0.05) is 14.6 Å². The lowest BCUT2D eigenvalue weighted by atomic mass is 10.0. The summed E-state index contributed by atoms with van der Waals surface area (Å²) in [6.45, 7) is 4.22. The summed E-state index contributed by atoms with van der Waals surface area (Å²) in [6.07, 6.45) is 0. The Morgan fingerprint density at radius 3 is 2.45 bits per heavy atom. The van der Waals surface area contributed by atoms with Crippen molar-refractivity contribution in [3.05, 3.63) is 62.5 Å². The molecule has 1 amide bonds. The third kappa shape index (κ3) is 3.49. The van der Waals surface area contributed by atoms with Gasteiger partial charge in [-0.1, -0.05) is 48.0 Å². The Balaban J connectivity index is 2.28. The van der Waals surface area contributed by atoms with Gasteiger partial charge in [-0.25, -0.2) is 0 Å². The van der Waals surface area contributed by atoms with Crippen LogP contribution < -0.4 is 5.32 Å². The van der Waals surface area contributed by atoms with Gasteiger partial charge in [-0.15, -0.1) is 0 Å². The summed E-state index contributed by atoms with van der Waals surface area (Å²) in [5, 5.41) is 2.98. The smallest absolute Gasteiger partial charge is 0.256 e. The molecule has 0 heterocycles. The summed E-state index contributed by atoms with van der Waals surface area (Å²) in [7, 11) is 0. The Morgan fingerprint density at radius 1 is 1.10 bits per heavy atom. The molecular weight excluding hydrogens is 382 g/mol. The van der Waals surface area contributed by atoms with Crippen LogP contribution in [0.4, 0.5) is 5.69 Å². The quantitative estimate of drug-likeness (QED) is 0.719. The van der Waals surface area contributed by atoms with Crippen molar-refractivity contribution < 1.29 is 4.79 Å². The fraction of sp³-hybridized carbons (Fsp3) is 0.188. The predicted octanol–water partition coefficient (Wildman–Crippen LogP) is 5.59. The fourth-order valence-corrected chi connectivity index (χ4v) is 3.20. The first-order valence-electron chi connectivity index (χ1n) is 6.34. The summed E-state index contributed by atoms with van der Waals surface area (Å²) in [4.78, 5) is 12.4. The third-order valence-electron chi connectivity index (χ3n) is 3.01. The van der Waals surface area contributed by atoms with E-state index in [1.54, 1.807) is 6.07 Å². The minimum Gasteiger partial charge on any atom is -0.322 e. The standard InChI is InChI=1S/C16H15Br2NO/c1-10(2)12-5-3-4-6-15(12)19-16(20)13-8-7-11(17)9-14(13)18/h3-10H,1-2H3,(H,19,20). The maximum atomic E-state index is 12.4. The summed E-state index contributed by atoms with van der Waals surface area (Å²) >= 11 is 6.80. The van der Waals surface area contributed by atoms with Crippen LogP contribution in [-0.2, 0) is 0 Å². The largest absolute Gasteiger partial charge is 0.322 e. The van der Waals surface area contributed by atoms with Crippen molar-refractivity contribution in [1.29, 1.82) is 0 Å². The van der Waals surface area contributed by atoms with Crippen LogP contribution in [0.15, 0.2) is 51.4 Å². The molecule has 2 aromatic carbocycles. The van der Waals surface area contributed by atoms with Crippen LogP contribution in [0.5, 0.6) is 0 Å². The van der Waals surface area contributed by atoms with Gasteiger partial charge in [-0.2, -0.15) is 0 Å². The summed E-state index contributed by atoms with van der Waals surface area (Å²) < 4.78 is 1.70. The SMILES string of the molecule is CC(C)c1ccccc1NC(=O)c1ccc(Br)cc1Br.